The summed E-state index contributed by atoms with van der Waals surface area (Å²) in [6.07, 6.45) is 1.41. The van der Waals surface area contributed by atoms with Crippen LogP contribution in [0.5, 0.6) is 0 Å². The van der Waals surface area contributed by atoms with Crippen molar-refractivity contribution in [3.8, 4) is 0 Å². The number of nitrogens with zero attached hydrogens (tertiary/aromatic N) is 1. The fourth-order valence-corrected chi connectivity index (χ4v) is 1.46. The smallest absolute Gasteiger partial charge is 0.355 e. The minimum atomic E-state index is -1.04. The zero-order valence-electron chi connectivity index (χ0n) is 8.90. The number of carbonyl (C=O) groups is 2. The van der Waals surface area contributed by atoms with E-state index in [-0.39, 0.29) is 17.9 Å². The summed E-state index contributed by atoms with van der Waals surface area (Å²) in [6.45, 7) is 3.57. The Hall–Kier alpha value is -1.78. The van der Waals surface area contributed by atoms with Crippen LogP contribution in [0.25, 0.3) is 0 Å². The van der Waals surface area contributed by atoms with Gasteiger partial charge in [-0.3, -0.25) is 0 Å². The van der Waals surface area contributed by atoms with Gasteiger partial charge in [0.1, 0.15) is 5.69 Å². The van der Waals surface area contributed by atoms with Crippen molar-refractivity contribution in [2.24, 2.45) is 7.05 Å². The standard InChI is InChI=1S/C10H13NO4/c1-4-15-10(14)8-6(2)7(9(12)13)5-11(8)3/h5H,4H2,1-3H3,(H,12,13). The number of aryl methyl sites for hydroxylation is 1. The lowest BCUT2D eigenvalue weighted by Gasteiger charge is -2.03. The van der Waals surface area contributed by atoms with Gasteiger partial charge in [-0.25, -0.2) is 9.59 Å². The number of carbonyl (C=O) groups excluding carboxylic acids is 1. The Balaban J connectivity index is 3.19. The highest BCUT2D eigenvalue weighted by Gasteiger charge is 2.21. The third-order valence-corrected chi connectivity index (χ3v) is 2.13. The summed E-state index contributed by atoms with van der Waals surface area (Å²) in [4.78, 5) is 22.3. The van der Waals surface area contributed by atoms with Gasteiger partial charge in [0.15, 0.2) is 0 Å². The van der Waals surface area contributed by atoms with Gasteiger partial charge in [0, 0.05) is 13.2 Å². The molecule has 0 aromatic carbocycles. The monoisotopic (exact) mass is 211 g/mol. The van der Waals surface area contributed by atoms with E-state index in [0.29, 0.717) is 5.56 Å². The van der Waals surface area contributed by atoms with Gasteiger partial charge < -0.3 is 14.4 Å². The SMILES string of the molecule is CCOC(=O)c1c(C)c(C(=O)O)cn1C. The zero-order chi connectivity index (χ0) is 11.6. The predicted molar refractivity (Wildman–Crippen MR) is 53.1 cm³/mol. The minimum Gasteiger partial charge on any atom is -0.478 e. The molecule has 1 N–H and O–H groups in total. The molecule has 1 rings (SSSR count). The number of carboxylic acids is 1. The maximum Gasteiger partial charge on any atom is 0.355 e. The molecule has 0 aliphatic rings. The van der Waals surface area contributed by atoms with Gasteiger partial charge in [0.25, 0.3) is 0 Å². The molecular weight excluding hydrogens is 198 g/mol. The van der Waals surface area contributed by atoms with Crippen molar-refractivity contribution in [2.75, 3.05) is 6.61 Å². The van der Waals surface area contributed by atoms with Gasteiger partial charge in [-0.05, 0) is 19.4 Å². The van der Waals surface area contributed by atoms with Gasteiger partial charge in [-0.2, -0.15) is 0 Å². The fraction of sp³-hybridized carbons (Fsp3) is 0.400. The number of aromatic carboxylic acids is 1. The number of esters is 1. The van der Waals surface area contributed by atoms with Crippen molar-refractivity contribution in [2.45, 2.75) is 13.8 Å². The molecule has 1 aromatic rings. The Morgan fingerprint density at radius 2 is 2.13 bits per heavy atom. The highest BCUT2D eigenvalue weighted by molar-refractivity contribution is 5.96. The highest BCUT2D eigenvalue weighted by Crippen LogP contribution is 2.16. The molecule has 82 valence electrons. The normalized spacial score (nSPS) is 10.1. The largest absolute Gasteiger partial charge is 0.478 e. The quantitative estimate of drug-likeness (QED) is 0.763. The van der Waals surface area contributed by atoms with Crippen LogP contribution in [0.15, 0.2) is 6.20 Å². The molecule has 1 heterocycles. The molecule has 0 aliphatic carbocycles. The first kappa shape index (κ1) is 11.3. The van der Waals surface area contributed by atoms with Crippen LogP contribution < -0.4 is 0 Å². The van der Waals surface area contributed by atoms with Gasteiger partial charge in [-0.1, -0.05) is 0 Å². The second-order valence-electron chi connectivity index (χ2n) is 3.15. The van der Waals surface area contributed by atoms with Crippen LogP contribution in [0, 0.1) is 6.92 Å². The number of ether oxygens (including phenoxy) is 1. The molecule has 0 fully saturated rings. The maximum atomic E-state index is 11.5. The number of hydrogen-bond donors (Lipinski definition) is 1. The van der Waals surface area contributed by atoms with Crippen LogP contribution in [-0.2, 0) is 11.8 Å². The molecule has 0 saturated heterocycles. The molecule has 0 unspecified atom stereocenters. The summed E-state index contributed by atoms with van der Waals surface area (Å²) in [5, 5.41) is 8.85. The molecule has 0 amide bonds. The van der Waals surface area contributed by atoms with Crippen molar-refractivity contribution in [1.29, 1.82) is 0 Å². The summed E-state index contributed by atoms with van der Waals surface area (Å²) in [5.74, 6) is -1.54. The van der Waals surface area contributed by atoms with Crippen molar-refractivity contribution in [1.82, 2.24) is 4.57 Å². The lowest BCUT2D eigenvalue weighted by atomic mass is 10.2. The summed E-state index contributed by atoms with van der Waals surface area (Å²) in [6, 6.07) is 0. The second-order valence-corrected chi connectivity index (χ2v) is 3.15. The number of aromatic nitrogens is 1. The second kappa shape index (κ2) is 4.16. The number of carboxylic acid groups (broad SMARTS) is 1. The third kappa shape index (κ3) is 2.01. The Morgan fingerprint density at radius 1 is 1.53 bits per heavy atom. The number of hydrogen-bond acceptors (Lipinski definition) is 3. The molecular formula is C10H13NO4. The first-order valence-corrected chi connectivity index (χ1v) is 4.55. The summed E-state index contributed by atoms with van der Waals surface area (Å²) in [5.41, 5.74) is 0.846. The summed E-state index contributed by atoms with van der Waals surface area (Å²) < 4.78 is 6.30. The van der Waals surface area contributed by atoms with E-state index in [2.05, 4.69) is 0 Å². The van der Waals surface area contributed by atoms with E-state index in [0.717, 1.165) is 0 Å². The summed E-state index contributed by atoms with van der Waals surface area (Å²) in [7, 11) is 1.62. The Labute approximate surface area is 87.3 Å². The van der Waals surface area contributed by atoms with Crippen molar-refractivity contribution < 1.29 is 19.4 Å². The average molecular weight is 211 g/mol. The van der Waals surface area contributed by atoms with Gasteiger partial charge in [0.05, 0.1) is 12.2 Å². The van der Waals surface area contributed by atoms with E-state index in [1.807, 2.05) is 0 Å². The summed E-state index contributed by atoms with van der Waals surface area (Å²) >= 11 is 0. The molecule has 1 aromatic heterocycles. The fourth-order valence-electron chi connectivity index (χ4n) is 1.46. The predicted octanol–water partition coefficient (Wildman–Crippen LogP) is 1.21. The first-order valence-electron chi connectivity index (χ1n) is 4.55. The zero-order valence-corrected chi connectivity index (χ0v) is 8.90. The van der Waals surface area contributed by atoms with Crippen molar-refractivity contribution >= 4 is 11.9 Å². The maximum absolute atomic E-state index is 11.5. The topological polar surface area (TPSA) is 68.5 Å². The van der Waals surface area contributed by atoms with E-state index < -0.39 is 11.9 Å². The molecule has 0 atom stereocenters. The third-order valence-electron chi connectivity index (χ3n) is 2.13. The highest BCUT2D eigenvalue weighted by atomic mass is 16.5. The number of rotatable bonds is 3. The van der Waals surface area contributed by atoms with Crippen molar-refractivity contribution in [3.05, 3.63) is 23.0 Å². The molecule has 0 spiro atoms. The van der Waals surface area contributed by atoms with Crippen LogP contribution in [0.3, 0.4) is 0 Å². The molecule has 0 aliphatic heterocycles. The van der Waals surface area contributed by atoms with Crippen LogP contribution in [0.2, 0.25) is 0 Å². The van der Waals surface area contributed by atoms with E-state index in [9.17, 15) is 9.59 Å². The van der Waals surface area contributed by atoms with Crippen LogP contribution in [0.4, 0.5) is 0 Å². The minimum absolute atomic E-state index is 0.126. The Kier molecular flexibility index (Phi) is 3.14. The molecule has 0 saturated carbocycles. The van der Waals surface area contributed by atoms with E-state index >= 15 is 0 Å². The van der Waals surface area contributed by atoms with Gasteiger partial charge in [0.2, 0.25) is 0 Å². The van der Waals surface area contributed by atoms with Crippen LogP contribution in [-0.4, -0.2) is 28.2 Å². The van der Waals surface area contributed by atoms with Gasteiger partial charge in [-0.15, -0.1) is 0 Å². The molecule has 0 bridgehead atoms. The molecule has 15 heavy (non-hydrogen) atoms. The first-order chi connectivity index (χ1) is 6.99. The Bertz CT molecular complexity index is 406. The van der Waals surface area contributed by atoms with Crippen molar-refractivity contribution in [3.63, 3.8) is 0 Å². The van der Waals surface area contributed by atoms with E-state index in [1.165, 1.54) is 10.8 Å². The molecule has 5 heteroatoms. The molecule has 0 radical (unpaired) electrons. The average Bonchev–Trinajstić information content (AvgIpc) is 2.42. The molecule has 5 nitrogen and oxygen atoms in total. The lowest BCUT2D eigenvalue weighted by molar-refractivity contribution is 0.0514. The van der Waals surface area contributed by atoms with Crippen LogP contribution in [0.1, 0.15) is 33.3 Å². The van der Waals surface area contributed by atoms with Gasteiger partial charge >= 0.3 is 11.9 Å². The van der Waals surface area contributed by atoms with E-state index in [4.69, 9.17) is 9.84 Å². The van der Waals surface area contributed by atoms with E-state index in [1.54, 1.807) is 20.9 Å². The van der Waals surface area contributed by atoms with Crippen LogP contribution >= 0.6 is 0 Å². The lowest BCUT2D eigenvalue weighted by Crippen LogP contribution is -2.11. The Morgan fingerprint density at radius 3 is 2.53 bits per heavy atom.